The molecule has 1 aromatic carbocycles. The second-order valence-electron chi connectivity index (χ2n) is 5.76. The molecule has 23 heavy (non-hydrogen) atoms. The van der Waals surface area contributed by atoms with Gasteiger partial charge in [0.2, 0.25) is 5.78 Å². The Morgan fingerprint density at radius 1 is 1.13 bits per heavy atom. The molecule has 0 fully saturated rings. The molecule has 0 aliphatic heterocycles. The van der Waals surface area contributed by atoms with Crippen molar-refractivity contribution < 1.29 is 5.11 Å². The second-order valence-corrected chi connectivity index (χ2v) is 5.76. The van der Waals surface area contributed by atoms with E-state index in [0.717, 1.165) is 25.2 Å². The largest absolute Gasteiger partial charge is 0.392 e. The lowest BCUT2D eigenvalue weighted by Crippen LogP contribution is -2.31. The monoisotopic (exact) mass is 310 g/mol. The van der Waals surface area contributed by atoms with Crippen LogP contribution in [0.1, 0.15) is 24.6 Å². The summed E-state index contributed by atoms with van der Waals surface area (Å²) < 4.78 is 2.00. The molecule has 0 spiro atoms. The minimum Gasteiger partial charge on any atom is -0.392 e. The van der Waals surface area contributed by atoms with Crippen molar-refractivity contribution in [2.24, 2.45) is 0 Å². The van der Waals surface area contributed by atoms with Gasteiger partial charge in [-0.05, 0) is 18.1 Å². The lowest BCUT2D eigenvalue weighted by Gasteiger charge is -2.24. The van der Waals surface area contributed by atoms with Crippen molar-refractivity contribution in [3.8, 4) is 0 Å². The first-order chi connectivity index (χ1) is 11.3. The summed E-state index contributed by atoms with van der Waals surface area (Å²) in [6.45, 7) is 4.16. The van der Waals surface area contributed by atoms with Gasteiger partial charge in [0.15, 0.2) is 0 Å². The van der Waals surface area contributed by atoms with Crippen molar-refractivity contribution in [3.63, 3.8) is 0 Å². The fraction of sp³-hybridized carbons (Fsp3) is 0.333. The molecule has 3 rings (SSSR count). The highest BCUT2D eigenvalue weighted by molar-refractivity contribution is 5.30. The van der Waals surface area contributed by atoms with Gasteiger partial charge in [0.1, 0.15) is 0 Å². The number of aromatic nitrogens is 3. The molecule has 5 heteroatoms. The first-order valence-electron chi connectivity index (χ1n) is 7.97. The Hall–Kier alpha value is -2.24. The van der Waals surface area contributed by atoms with E-state index in [-0.39, 0.29) is 6.10 Å². The lowest BCUT2D eigenvalue weighted by atomic mass is 10.2. The van der Waals surface area contributed by atoms with Crippen molar-refractivity contribution >= 4 is 5.78 Å². The Morgan fingerprint density at radius 2 is 1.96 bits per heavy atom. The summed E-state index contributed by atoms with van der Waals surface area (Å²) in [6, 6.07) is 12.2. The SMILES string of the molecule is CCC(O)CN(Cc1ccccc1)Cc1cnc2ncccn12. The van der Waals surface area contributed by atoms with Crippen molar-refractivity contribution in [2.45, 2.75) is 32.5 Å². The number of hydrogen-bond acceptors (Lipinski definition) is 4. The van der Waals surface area contributed by atoms with Crippen LogP contribution in [0.5, 0.6) is 0 Å². The summed E-state index contributed by atoms with van der Waals surface area (Å²) in [4.78, 5) is 10.8. The third kappa shape index (κ3) is 3.94. The number of nitrogens with zero attached hydrogens (tertiary/aromatic N) is 4. The van der Waals surface area contributed by atoms with Crippen molar-refractivity contribution in [3.05, 3.63) is 66.2 Å². The number of rotatable bonds is 7. The van der Waals surface area contributed by atoms with E-state index in [1.54, 1.807) is 6.20 Å². The predicted octanol–water partition coefficient (Wildman–Crippen LogP) is 2.50. The van der Waals surface area contributed by atoms with Gasteiger partial charge in [0, 0.05) is 32.0 Å². The first-order valence-corrected chi connectivity index (χ1v) is 7.97. The summed E-state index contributed by atoms with van der Waals surface area (Å²) in [5.41, 5.74) is 2.31. The molecule has 0 aliphatic carbocycles. The van der Waals surface area contributed by atoms with Crippen molar-refractivity contribution in [1.82, 2.24) is 19.3 Å². The molecule has 0 radical (unpaired) electrons. The molecular formula is C18H22N4O. The number of aliphatic hydroxyl groups is 1. The molecule has 1 unspecified atom stereocenters. The fourth-order valence-corrected chi connectivity index (χ4v) is 2.68. The molecule has 3 aromatic rings. The number of aliphatic hydroxyl groups excluding tert-OH is 1. The minimum atomic E-state index is -0.323. The molecule has 1 N–H and O–H groups in total. The normalized spacial score (nSPS) is 12.8. The summed E-state index contributed by atoms with van der Waals surface area (Å²) in [7, 11) is 0. The Kier molecular flexibility index (Phi) is 5.00. The standard InChI is InChI=1S/C18H22N4O/c1-2-17(23)14-21(12-15-7-4-3-5-8-15)13-16-11-20-18-19-9-6-10-22(16)18/h3-11,17,23H,2,12-14H2,1H3. The molecule has 0 amide bonds. The van der Waals surface area contributed by atoms with Crippen LogP contribution in [0.3, 0.4) is 0 Å². The molecule has 0 saturated heterocycles. The van der Waals surface area contributed by atoms with Crippen LogP contribution < -0.4 is 0 Å². The van der Waals surface area contributed by atoms with E-state index in [1.165, 1.54) is 5.56 Å². The maximum Gasteiger partial charge on any atom is 0.233 e. The van der Waals surface area contributed by atoms with Gasteiger partial charge in [-0.1, -0.05) is 37.3 Å². The van der Waals surface area contributed by atoms with E-state index in [0.29, 0.717) is 12.3 Å². The summed E-state index contributed by atoms with van der Waals surface area (Å²) in [5, 5.41) is 10.1. The van der Waals surface area contributed by atoms with Crippen LogP contribution in [-0.2, 0) is 13.1 Å². The zero-order chi connectivity index (χ0) is 16.1. The maximum atomic E-state index is 10.1. The van der Waals surface area contributed by atoms with E-state index >= 15 is 0 Å². The van der Waals surface area contributed by atoms with E-state index < -0.39 is 0 Å². The van der Waals surface area contributed by atoms with Crippen LogP contribution >= 0.6 is 0 Å². The summed E-state index contributed by atoms with van der Waals surface area (Å²) in [6.07, 6.45) is 6.01. The van der Waals surface area contributed by atoms with Gasteiger partial charge >= 0.3 is 0 Å². The Labute approximate surface area is 136 Å². The molecular weight excluding hydrogens is 288 g/mol. The van der Waals surface area contributed by atoms with Crippen LogP contribution in [0.4, 0.5) is 0 Å². The molecule has 0 aliphatic rings. The molecule has 2 heterocycles. The Bertz CT molecular complexity index is 741. The van der Waals surface area contributed by atoms with Gasteiger partial charge in [-0.3, -0.25) is 9.30 Å². The smallest absolute Gasteiger partial charge is 0.233 e. The number of fused-ring (bicyclic) bond motifs is 1. The zero-order valence-electron chi connectivity index (χ0n) is 13.3. The zero-order valence-corrected chi connectivity index (χ0v) is 13.3. The van der Waals surface area contributed by atoms with Crippen LogP contribution in [0.2, 0.25) is 0 Å². The van der Waals surface area contributed by atoms with Crippen molar-refractivity contribution in [2.75, 3.05) is 6.54 Å². The fourth-order valence-electron chi connectivity index (χ4n) is 2.68. The van der Waals surface area contributed by atoms with Crippen LogP contribution in [0, 0.1) is 0 Å². The van der Waals surface area contributed by atoms with Gasteiger partial charge in [0.05, 0.1) is 18.0 Å². The van der Waals surface area contributed by atoms with Crippen LogP contribution in [0.25, 0.3) is 5.78 Å². The van der Waals surface area contributed by atoms with Gasteiger partial charge in [-0.25, -0.2) is 9.97 Å². The van der Waals surface area contributed by atoms with E-state index in [2.05, 4.69) is 27.0 Å². The maximum absolute atomic E-state index is 10.1. The van der Waals surface area contributed by atoms with Gasteiger partial charge in [0.25, 0.3) is 0 Å². The third-order valence-electron chi connectivity index (χ3n) is 3.94. The quantitative estimate of drug-likeness (QED) is 0.728. The number of benzene rings is 1. The molecule has 1 atom stereocenters. The van der Waals surface area contributed by atoms with Crippen LogP contribution in [0.15, 0.2) is 55.0 Å². The average molecular weight is 310 g/mol. The van der Waals surface area contributed by atoms with Crippen molar-refractivity contribution in [1.29, 1.82) is 0 Å². The first kappa shape index (κ1) is 15.6. The lowest BCUT2D eigenvalue weighted by molar-refractivity contribution is 0.101. The molecule has 5 nitrogen and oxygen atoms in total. The van der Waals surface area contributed by atoms with E-state index in [9.17, 15) is 5.11 Å². The van der Waals surface area contributed by atoms with E-state index in [1.807, 2.05) is 48.0 Å². The molecule has 2 aromatic heterocycles. The van der Waals surface area contributed by atoms with Gasteiger partial charge in [-0.2, -0.15) is 0 Å². The number of hydrogen-bond donors (Lipinski definition) is 1. The minimum absolute atomic E-state index is 0.323. The molecule has 120 valence electrons. The average Bonchev–Trinajstić information content (AvgIpc) is 2.99. The molecule has 0 bridgehead atoms. The highest BCUT2D eigenvalue weighted by Gasteiger charge is 2.14. The predicted molar refractivity (Wildman–Crippen MR) is 89.8 cm³/mol. The Balaban J connectivity index is 1.80. The highest BCUT2D eigenvalue weighted by Crippen LogP contribution is 2.12. The summed E-state index contributed by atoms with van der Waals surface area (Å²) >= 11 is 0. The van der Waals surface area contributed by atoms with Gasteiger partial charge in [-0.15, -0.1) is 0 Å². The molecule has 0 saturated carbocycles. The summed E-state index contributed by atoms with van der Waals surface area (Å²) in [5.74, 6) is 0.707. The van der Waals surface area contributed by atoms with Crippen LogP contribution in [-0.4, -0.2) is 37.0 Å². The highest BCUT2D eigenvalue weighted by atomic mass is 16.3. The second kappa shape index (κ2) is 7.35. The Morgan fingerprint density at radius 3 is 2.74 bits per heavy atom. The number of imidazole rings is 1. The van der Waals surface area contributed by atoms with Gasteiger partial charge < -0.3 is 5.11 Å². The van der Waals surface area contributed by atoms with E-state index in [4.69, 9.17) is 0 Å². The third-order valence-corrected chi connectivity index (χ3v) is 3.94. The topological polar surface area (TPSA) is 53.7 Å².